The van der Waals surface area contributed by atoms with Gasteiger partial charge in [0.05, 0.1) is 0 Å². The molecule has 0 spiro atoms. The lowest BCUT2D eigenvalue weighted by molar-refractivity contribution is -0.0513. The summed E-state index contributed by atoms with van der Waals surface area (Å²) in [7, 11) is 0. The summed E-state index contributed by atoms with van der Waals surface area (Å²) >= 11 is 4.10. The van der Waals surface area contributed by atoms with Crippen LogP contribution in [0.2, 0.25) is 0 Å². The van der Waals surface area contributed by atoms with Crippen molar-refractivity contribution in [3.8, 4) is 0 Å². The van der Waals surface area contributed by atoms with E-state index in [1.807, 2.05) is 0 Å². The van der Waals surface area contributed by atoms with Gasteiger partial charge in [-0.3, -0.25) is 0 Å². The summed E-state index contributed by atoms with van der Waals surface area (Å²) in [6, 6.07) is 6.53. The van der Waals surface area contributed by atoms with Crippen LogP contribution in [0.25, 0.3) is 0 Å². The Labute approximate surface area is 95.1 Å². The molecule has 0 saturated carbocycles. The third kappa shape index (κ3) is 2.94. The monoisotopic (exact) mass is 230 g/mol. The smallest absolute Gasteiger partial charge is 0.201 e. The second-order valence-electron chi connectivity index (χ2n) is 3.95. The third-order valence-electron chi connectivity index (χ3n) is 2.46. The normalized spacial score (nSPS) is 12.1. The van der Waals surface area contributed by atoms with Crippen molar-refractivity contribution < 1.29 is 8.78 Å². The lowest BCUT2D eigenvalue weighted by Crippen LogP contribution is -2.20. The van der Waals surface area contributed by atoms with Gasteiger partial charge in [0.1, 0.15) is 0 Å². The molecule has 0 amide bonds. The van der Waals surface area contributed by atoms with E-state index in [0.717, 1.165) is 17.7 Å². The summed E-state index contributed by atoms with van der Waals surface area (Å²) in [5.41, 5.74) is 1.15. The number of hydrogen-bond acceptors (Lipinski definition) is 1. The zero-order valence-electron chi connectivity index (χ0n) is 9.00. The third-order valence-corrected chi connectivity index (χ3v) is 2.69. The Hall–Kier alpha value is -0.570. The summed E-state index contributed by atoms with van der Waals surface area (Å²) in [6.45, 7) is 3.06. The van der Waals surface area contributed by atoms with E-state index >= 15 is 0 Å². The van der Waals surface area contributed by atoms with Crippen molar-refractivity contribution in [2.45, 2.75) is 26.2 Å². The van der Waals surface area contributed by atoms with E-state index in [9.17, 15) is 8.78 Å². The Bertz CT molecular complexity index is 304. The zero-order valence-corrected chi connectivity index (χ0v) is 9.90. The molecule has 0 radical (unpaired) electrons. The molecular weight excluding hydrogens is 214 g/mol. The van der Waals surface area contributed by atoms with E-state index in [1.54, 1.807) is 12.1 Å². The molecule has 0 fully saturated rings. The minimum Gasteiger partial charge on any atom is -0.201 e. The second kappa shape index (κ2) is 4.97. The summed E-state index contributed by atoms with van der Waals surface area (Å²) in [5, 5.41) is 0. The fraction of sp³-hybridized carbons (Fsp3) is 0.500. The summed E-state index contributed by atoms with van der Waals surface area (Å²) in [5.74, 6) is -2.67. The van der Waals surface area contributed by atoms with E-state index in [2.05, 4.69) is 12.6 Å². The van der Waals surface area contributed by atoms with Crippen LogP contribution in [-0.4, -0.2) is 5.75 Å². The van der Waals surface area contributed by atoms with E-state index < -0.39 is 11.8 Å². The average molecular weight is 230 g/mol. The largest absolute Gasteiger partial charge is 0.275 e. The van der Waals surface area contributed by atoms with Gasteiger partial charge in [0, 0.05) is 11.5 Å². The molecule has 1 rings (SSSR count). The van der Waals surface area contributed by atoms with Gasteiger partial charge in [-0.1, -0.05) is 38.1 Å². The van der Waals surface area contributed by atoms with Crippen molar-refractivity contribution >= 4 is 12.6 Å². The van der Waals surface area contributed by atoms with Crippen molar-refractivity contribution in [1.82, 2.24) is 0 Å². The Morgan fingerprint density at radius 2 is 1.73 bits per heavy atom. The molecule has 3 heteroatoms. The van der Waals surface area contributed by atoms with Crippen molar-refractivity contribution in [3.63, 3.8) is 0 Å². The van der Waals surface area contributed by atoms with Crippen LogP contribution >= 0.6 is 12.6 Å². The van der Waals surface area contributed by atoms with Gasteiger partial charge in [-0.05, 0) is 17.7 Å². The predicted molar refractivity (Wildman–Crippen MR) is 62.7 cm³/mol. The lowest BCUT2D eigenvalue weighted by Gasteiger charge is -2.20. The van der Waals surface area contributed by atoms with Crippen molar-refractivity contribution in [2.24, 2.45) is 5.92 Å². The summed E-state index contributed by atoms with van der Waals surface area (Å²) < 4.78 is 27.2. The number of thiol groups is 1. The maximum absolute atomic E-state index is 13.6. The topological polar surface area (TPSA) is 0 Å². The predicted octanol–water partition coefficient (Wildman–Crippen LogP) is 3.91. The number of rotatable bonds is 4. The highest BCUT2D eigenvalue weighted by Gasteiger charge is 2.35. The molecule has 0 heterocycles. The molecule has 0 bridgehead atoms. The van der Waals surface area contributed by atoms with Gasteiger partial charge in [-0.15, -0.1) is 0 Å². The first kappa shape index (κ1) is 12.5. The molecule has 84 valence electrons. The van der Waals surface area contributed by atoms with Crippen LogP contribution in [-0.2, 0) is 12.3 Å². The number of alkyl halides is 2. The number of aryl methyl sites for hydroxylation is 1. The van der Waals surface area contributed by atoms with Gasteiger partial charge in [0.2, 0.25) is 0 Å². The number of benzene rings is 1. The van der Waals surface area contributed by atoms with Crippen LogP contribution in [0.4, 0.5) is 8.78 Å². The first-order valence-corrected chi connectivity index (χ1v) is 5.69. The minimum absolute atomic E-state index is 0.0976. The second-order valence-corrected chi connectivity index (χ2v) is 4.40. The van der Waals surface area contributed by atoms with Crippen molar-refractivity contribution in [1.29, 1.82) is 0 Å². The molecule has 0 nitrogen and oxygen atoms in total. The molecular formula is C12H16F2S. The van der Waals surface area contributed by atoms with Gasteiger partial charge >= 0.3 is 0 Å². The van der Waals surface area contributed by atoms with Crippen molar-refractivity contribution in [2.75, 3.05) is 5.75 Å². The van der Waals surface area contributed by atoms with Crippen LogP contribution in [0.1, 0.15) is 25.0 Å². The number of hydrogen-bond donors (Lipinski definition) is 1. The fourth-order valence-corrected chi connectivity index (χ4v) is 1.61. The van der Waals surface area contributed by atoms with Gasteiger partial charge in [-0.25, -0.2) is 8.78 Å². The Morgan fingerprint density at radius 1 is 1.20 bits per heavy atom. The molecule has 1 aromatic carbocycles. The van der Waals surface area contributed by atoms with E-state index in [1.165, 1.54) is 26.0 Å². The Morgan fingerprint density at radius 3 is 2.13 bits per heavy atom. The van der Waals surface area contributed by atoms with Crippen LogP contribution < -0.4 is 0 Å². The van der Waals surface area contributed by atoms with Crippen LogP contribution in [0.15, 0.2) is 24.3 Å². The molecule has 1 aromatic rings. The molecule has 0 aromatic heterocycles. The molecule has 0 aliphatic carbocycles. The lowest BCUT2D eigenvalue weighted by atomic mass is 9.96. The molecule has 0 aliphatic rings. The van der Waals surface area contributed by atoms with Crippen LogP contribution in [0.3, 0.4) is 0 Å². The highest BCUT2D eigenvalue weighted by molar-refractivity contribution is 7.80. The average Bonchev–Trinajstić information content (AvgIpc) is 2.19. The Kier molecular flexibility index (Phi) is 4.14. The van der Waals surface area contributed by atoms with Gasteiger partial charge in [0.15, 0.2) is 0 Å². The molecule has 15 heavy (non-hydrogen) atoms. The maximum Gasteiger partial charge on any atom is 0.275 e. The standard InChI is InChI=1S/C12H16F2S/c1-9(2)12(13,14)11-5-3-10(4-6-11)7-8-15/h3-6,9,15H,7-8H2,1-2H3. The van der Waals surface area contributed by atoms with E-state index in [0.29, 0.717) is 0 Å². The summed E-state index contributed by atoms with van der Waals surface area (Å²) in [6.07, 6.45) is 0.816. The fourth-order valence-electron chi connectivity index (χ4n) is 1.36. The summed E-state index contributed by atoms with van der Waals surface area (Å²) in [4.78, 5) is 0. The maximum atomic E-state index is 13.6. The quantitative estimate of drug-likeness (QED) is 0.745. The number of halogens is 2. The highest BCUT2D eigenvalue weighted by atomic mass is 32.1. The van der Waals surface area contributed by atoms with Gasteiger partial charge < -0.3 is 0 Å². The first-order chi connectivity index (χ1) is 6.98. The van der Waals surface area contributed by atoms with Crippen molar-refractivity contribution in [3.05, 3.63) is 35.4 Å². The van der Waals surface area contributed by atoms with Gasteiger partial charge in [0.25, 0.3) is 5.92 Å². The minimum atomic E-state index is -2.74. The first-order valence-electron chi connectivity index (χ1n) is 5.06. The van der Waals surface area contributed by atoms with E-state index in [4.69, 9.17) is 0 Å². The molecule has 0 N–H and O–H groups in total. The molecule has 0 atom stereocenters. The SMILES string of the molecule is CC(C)C(F)(F)c1ccc(CCS)cc1. The zero-order chi connectivity index (χ0) is 11.5. The molecule has 0 unspecified atom stereocenters. The molecule has 0 aliphatic heterocycles. The molecule has 0 saturated heterocycles. The van der Waals surface area contributed by atoms with Crippen LogP contribution in [0.5, 0.6) is 0 Å². The highest BCUT2D eigenvalue weighted by Crippen LogP contribution is 2.35. The van der Waals surface area contributed by atoms with Crippen LogP contribution in [0, 0.1) is 5.92 Å². The van der Waals surface area contributed by atoms with E-state index in [-0.39, 0.29) is 5.56 Å². The van der Waals surface area contributed by atoms with Gasteiger partial charge in [-0.2, -0.15) is 12.6 Å². The Balaban J connectivity index is 2.88.